The van der Waals surface area contributed by atoms with E-state index in [1.807, 2.05) is 36.4 Å². The number of hydrogen-bond donors (Lipinski definition) is 1. The largest absolute Gasteiger partial charge is 0.347 e. The summed E-state index contributed by atoms with van der Waals surface area (Å²) in [5.41, 5.74) is 1.66. The van der Waals surface area contributed by atoms with Crippen LogP contribution in [-0.4, -0.2) is 36.3 Å². The number of benzene rings is 1. The van der Waals surface area contributed by atoms with Crippen molar-refractivity contribution in [3.05, 3.63) is 75.7 Å². The Morgan fingerprint density at radius 1 is 1.20 bits per heavy atom. The lowest BCUT2D eigenvalue weighted by Crippen LogP contribution is -2.35. The first-order chi connectivity index (χ1) is 14.7. The highest BCUT2D eigenvalue weighted by atomic mass is 32.1. The number of pyridine rings is 1. The minimum atomic E-state index is -0.158. The van der Waals surface area contributed by atoms with E-state index >= 15 is 0 Å². The Balaban J connectivity index is 1.27. The molecule has 4 heterocycles. The van der Waals surface area contributed by atoms with Crippen molar-refractivity contribution in [2.24, 2.45) is 0 Å². The van der Waals surface area contributed by atoms with E-state index in [1.54, 1.807) is 17.0 Å². The maximum Gasteiger partial charge on any atom is 0.346 e. The number of carbonyl (C=O) groups is 1. The summed E-state index contributed by atoms with van der Waals surface area (Å²) in [7, 11) is 0. The molecule has 0 bridgehead atoms. The van der Waals surface area contributed by atoms with Crippen LogP contribution in [0.15, 0.2) is 53.6 Å². The summed E-state index contributed by atoms with van der Waals surface area (Å²) in [6.45, 7) is 0.941. The zero-order chi connectivity index (χ0) is 20.5. The molecule has 5 rings (SSSR count). The molecule has 0 spiro atoms. The molecule has 0 saturated carbocycles. The summed E-state index contributed by atoms with van der Waals surface area (Å²) in [5.74, 6) is 0.607. The SMILES string of the molecule is O=C(NC1CCc2nn(Cc3cccnc3)c(=O)n2CC1)c1nc2ccccc2s1. The predicted octanol–water partition coefficient (Wildman–Crippen LogP) is 2.23. The van der Waals surface area contributed by atoms with E-state index in [2.05, 4.69) is 20.4 Å². The quantitative estimate of drug-likeness (QED) is 0.546. The molecule has 1 atom stereocenters. The lowest BCUT2D eigenvalue weighted by Gasteiger charge is -2.14. The lowest BCUT2D eigenvalue weighted by molar-refractivity contribution is 0.0932. The van der Waals surface area contributed by atoms with Crippen LogP contribution in [-0.2, 0) is 19.5 Å². The van der Waals surface area contributed by atoms with Crippen molar-refractivity contribution >= 4 is 27.5 Å². The van der Waals surface area contributed by atoms with Gasteiger partial charge in [-0.1, -0.05) is 18.2 Å². The summed E-state index contributed by atoms with van der Waals surface area (Å²) in [4.78, 5) is 34.0. The Bertz CT molecular complexity index is 1230. The molecule has 9 heteroatoms. The standard InChI is InChI=1S/C21H20N6O2S/c28-19(20-24-16-5-1-2-6-17(16)30-20)23-15-7-8-18-25-27(21(29)26(18)11-9-15)13-14-4-3-10-22-12-14/h1-6,10,12,15H,7-9,11,13H2,(H,23,28). The van der Waals surface area contributed by atoms with Gasteiger partial charge in [0.1, 0.15) is 5.82 Å². The maximum atomic E-state index is 12.8. The van der Waals surface area contributed by atoms with Crippen molar-refractivity contribution in [1.82, 2.24) is 29.6 Å². The normalized spacial score (nSPS) is 16.2. The first kappa shape index (κ1) is 18.7. The summed E-state index contributed by atoms with van der Waals surface area (Å²) in [6, 6.07) is 11.5. The van der Waals surface area contributed by atoms with Crippen LogP contribution in [0, 0.1) is 0 Å². The molecule has 0 saturated heterocycles. The van der Waals surface area contributed by atoms with Crippen molar-refractivity contribution in [3.8, 4) is 0 Å². The van der Waals surface area contributed by atoms with E-state index in [1.165, 1.54) is 16.0 Å². The average Bonchev–Trinajstić information content (AvgIpc) is 3.26. The maximum absolute atomic E-state index is 12.8. The number of rotatable bonds is 4. The molecule has 30 heavy (non-hydrogen) atoms. The monoisotopic (exact) mass is 420 g/mol. The highest BCUT2D eigenvalue weighted by molar-refractivity contribution is 7.20. The second kappa shape index (κ2) is 7.83. The van der Waals surface area contributed by atoms with Crippen molar-refractivity contribution in [3.63, 3.8) is 0 Å². The Labute approximate surface area is 176 Å². The molecule has 1 unspecified atom stereocenters. The number of fused-ring (bicyclic) bond motifs is 2. The summed E-state index contributed by atoms with van der Waals surface area (Å²) in [6.07, 6.45) is 5.50. The van der Waals surface area contributed by atoms with Crippen LogP contribution < -0.4 is 11.0 Å². The van der Waals surface area contributed by atoms with Gasteiger partial charge in [0.05, 0.1) is 16.8 Å². The van der Waals surface area contributed by atoms with E-state index in [0.717, 1.165) is 28.0 Å². The van der Waals surface area contributed by atoms with Gasteiger partial charge in [-0.3, -0.25) is 14.3 Å². The fourth-order valence-electron chi connectivity index (χ4n) is 3.76. The first-order valence-electron chi connectivity index (χ1n) is 9.89. The number of aryl methyl sites for hydroxylation is 1. The van der Waals surface area contributed by atoms with E-state index in [9.17, 15) is 9.59 Å². The van der Waals surface area contributed by atoms with Crippen LogP contribution in [0.25, 0.3) is 10.2 Å². The Kier molecular flexibility index (Phi) is 4.88. The number of nitrogens with one attached hydrogen (secondary N) is 1. The highest BCUT2D eigenvalue weighted by Crippen LogP contribution is 2.22. The Hall–Kier alpha value is -3.33. The molecule has 8 nitrogen and oxygen atoms in total. The molecule has 3 aromatic heterocycles. The van der Waals surface area contributed by atoms with Crippen LogP contribution in [0.5, 0.6) is 0 Å². The molecule has 0 aliphatic carbocycles. The van der Waals surface area contributed by atoms with Gasteiger partial charge in [0, 0.05) is 31.4 Å². The third-order valence-corrected chi connectivity index (χ3v) is 6.33. The number of aromatic nitrogens is 5. The van der Waals surface area contributed by atoms with E-state index < -0.39 is 0 Å². The zero-order valence-electron chi connectivity index (χ0n) is 16.2. The van der Waals surface area contributed by atoms with Crippen molar-refractivity contribution in [2.75, 3.05) is 0 Å². The van der Waals surface area contributed by atoms with Crippen LogP contribution in [0.3, 0.4) is 0 Å². The molecule has 4 aromatic rings. The number of carbonyl (C=O) groups excluding carboxylic acids is 1. The van der Waals surface area contributed by atoms with Crippen LogP contribution in [0.2, 0.25) is 0 Å². The Morgan fingerprint density at radius 3 is 2.93 bits per heavy atom. The molecule has 0 radical (unpaired) electrons. The van der Waals surface area contributed by atoms with Crippen molar-refractivity contribution in [2.45, 2.75) is 38.4 Å². The molecule has 1 amide bonds. The zero-order valence-corrected chi connectivity index (χ0v) is 17.0. The fourth-order valence-corrected chi connectivity index (χ4v) is 4.63. The predicted molar refractivity (Wildman–Crippen MR) is 114 cm³/mol. The Morgan fingerprint density at radius 2 is 2.10 bits per heavy atom. The second-order valence-electron chi connectivity index (χ2n) is 7.35. The highest BCUT2D eigenvalue weighted by Gasteiger charge is 2.23. The van der Waals surface area contributed by atoms with Gasteiger partial charge < -0.3 is 5.32 Å². The second-order valence-corrected chi connectivity index (χ2v) is 8.38. The summed E-state index contributed by atoms with van der Waals surface area (Å²) in [5, 5.41) is 8.08. The minimum absolute atomic E-state index is 0.0163. The van der Waals surface area contributed by atoms with Gasteiger partial charge in [-0.25, -0.2) is 14.5 Å². The molecular weight excluding hydrogens is 400 g/mol. The molecule has 1 aliphatic heterocycles. The number of amides is 1. The number of nitrogens with zero attached hydrogens (tertiary/aromatic N) is 5. The van der Waals surface area contributed by atoms with Crippen LogP contribution in [0.4, 0.5) is 0 Å². The van der Waals surface area contributed by atoms with Gasteiger partial charge in [0.25, 0.3) is 5.91 Å². The van der Waals surface area contributed by atoms with E-state index in [0.29, 0.717) is 30.9 Å². The van der Waals surface area contributed by atoms with Gasteiger partial charge in [-0.15, -0.1) is 11.3 Å². The van der Waals surface area contributed by atoms with Gasteiger partial charge >= 0.3 is 5.69 Å². The summed E-state index contributed by atoms with van der Waals surface area (Å²) < 4.78 is 4.21. The van der Waals surface area contributed by atoms with Crippen LogP contribution >= 0.6 is 11.3 Å². The number of hydrogen-bond acceptors (Lipinski definition) is 6. The van der Waals surface area contributed by atoms with Gasteiger partial charge in [-0.2, -0.15) is 5.10 Å². The van der Waals surface area contributed by atoms with Crippen molar-refractivity contribution in [1.29, 1.82) is 0 Å². The smallest absolute Gasteiger partial charge is 0.346 e. The molecular formula is C21H20N6O2S. The summed E-state index contributed by atoms with van der Waals surface area (Å²) >= 11 is 1.39. The van der Waals surface area contributed by atoms with E-state index in [-0.39, 0.29) is 17.6 Å². The van der Waals surface area contributed by atoms with E-state index in [4.69, 9.17) is 0 Å². The lowest BCUT2D eigenvalue weighted by atomic mass is 10.1. The molecule has 0 fully saturated rings. The fraction of sp³-hybridized carbons (Fsp3) is 0.286. The average molecular weight is 420 g/mol. The number of thiazole rings is 1. The molecule has 1 aliphatic rings. The molecule has 152 valence electrons. The minimum Gasteiger partial charge on any atom is -0.347 e. The first-order valence-corrected chi connectivity index (χ1v) is 10.7. The topological polar surface area (TPSA) is 94.7 Å². The van der Waals surface area contributed by atoms with Gasteiger partial charge in [0.2, 0.25) is 0 Å². The molecule has 1 N–H and O–H groups in total. The third-order valence-electron chi connectivity index (χ3n) is 5.30. The third kappa shape index (κ3) is 3.63. The van der Waals surface area contributed by atoms with Crippen molar-refractivity contribution < 1.29 is 4.79 Å². The van der Waals surface area contributed by atoms with Gasteiger partial charge in [-0.05, 0) is 36.6 Å². The van der Waals surface area contributed by atoms with Crippen LogP contribution in [0.1, 0.15) is 34.0 Å². The van der Waals surface area contributed by atoms with Gasteiger partial charge in [0.15, 0.2) is 5.01 Å². The molecule has 1 aromatic carbocycles. The number of para-hydroxylation sites is 1.